The summed E-state index contributed by atoms with van der Waals surface area (Å²) in [6.45, 7) is 2.56. The minimum absolute atomic E-state index is 0.0733. The topological polar surface area (TPSA) is 75.5 Å². The molecule has 6 nitrogen and oxygen atoms in total. The largest absolute Gasteiger partial charge is 0.319 e. The van der Waals surface area contributed by atoms with E-state index in [4.69, 9.17) is 0 Å². The summed E-state index contributed by atoms with van der Waals surface area (Å²) in [6.07, 6.45) is 3.07. The van der Waals surface area contributed by atoms with Gasteiger partial charge in [-0.3, -0.25) is 20.2 Å². The highest BCUT2D eigenvalue weighted by molar-refractivity contribution is 5.81. The van der Waals surface area contributed by atoms with Crippen LogP contribution in [0.25, 0.3) is 0 Å². The van der Waals surface area contributed by atoms with E-state index >= 15 is 0 Å². The van der Waals surface area contributed by atoms with E-state index in [2.05, 4.69) is 12.2 Å². The molecule has 3 rings (SSSR count). The minimum Gasteiger partial charge on any atom is -0.319 e. The first kappa shape index (κ1) is 14.0. The van der Waals surface area contributed by atoms with Crippen LogP contribution in [0.2, 0.25) is 0 Å². The van der Waals surface area contributed by atoms with Crippen molar-refractivity contribution >= 4 is 11.6 Å². The molecule has 1 aromatic carbocycles. The Balaban J connectivity index is 1.82. The number of carbonyl (C=O) groups excluding carboxylic acids is 1. The molecule has 1 heterocycles. The molecule has 2 fully saturated rings. The minimum atomic E-state index is -0.409. The fourth-order valence-corrected chi connectivity index (χ4v) is 3.42. The van der Waals surface area contributed by atoms with E-state index in [1.54, 1.807) is 12.1 Å². The summed E-state index contributed by atoms with van der Waals surface area (Å²) in [5, 5.41) is 13.9. The second kappa shape index (κ2) is 5.44. The number of hydrogen-bond donors (Lipinski definition) is 1. The summed E-state index contributed by atoms with van der Waals surface area (Å²) in [5.41, 5.74) is 0.982. The second-order valence-corrected chi connectivity index (χ2v) is 6.01. The van der Waals surface area contributed by atoms with Crippen LogP contribution in [-0.4, -0.2) is 28.3 Å². The fourth-order valence-electron chi connectivity index (χ4n) is 3.42. The van der Waals surface area contributed by atoms with Crippen molar-refractivity contribution in [3.8, 4) is 0 Å². The smallest absolute Gasteiger partial charge is 0.269 e. The first-order valence-corrected chi connectivity index (χ1v) is 7.35. The number of amides is 1. The first-order chi connectivity index (χ1) is 10.1. The van der Waals surface area contributed by atoms with Gasteiger partial charge in [-0.25, -0.2) is 0 Å². The van der Waals surface area contributed by atoms with Crippen LogP contribution in [0.5, 0.6) is 0 Å². The summed E-state index contributed by atoms with van der Waals surface area (Å²) in [6, 6.07) is 6.74. The average Bonchev–Trinajstić information content (AvgIpc) is 3.04. The molecule has 0 bridgehead atoms. The van der Waals surface area contributed by atoms with Gasteiger partial charge >= 0.3 is 0 Å². The van der Waals surface area contributed by atoms with Gasteiger partial charge in [0.25, 0.3) is 5.69 Å². The van der Waals surface area contributed by atoms with Gasteiger partial charge in [0, 0.05) is 18.2 Å². The van der Waals surface area contributed by atoms with Crippen molar-refractivity contribution in [3.63, 3.8) is 0 Å². The molecular formula is C15H19N3O3. The lowest BCUT2D eigenvalue weighted by molar-refractivity contribution is -0.384. The summed E-state index contributed by atoms with van der Waals surface area (Å²) in [4.78, 5) is 24.4. The molecular weight excluding hydrogens is 270 g/mol. The summed E-state index contributed by atoms with van der Waals surface area (Å²) in [7, 11) is 0. The number of nitrogens with one attached hydrogen (secondary N) is 1. The molecule has 3 atom stereocenters. The van der Waals surface area contributed by atoms with Crippen LogP contribution < -0.4 is 5.32 Å². The fraction of sp³-hybridized carbons (Fsp3) is 0.533. The number of benzene rings is 1. The lowest BCUT2D eigenvalue weighted by atomic mass is 10.1. The number of nitro benzene ring substituents is 1. The summed E-state index contributed by atoms with van der Waals surface area (Å²) in [5.74, 6) is 0.776. The maximum atomic E-state index is 12.2. The first-order valence-electron chi connectivity index (χ1n) is 7.35. The average molecular weight is 289 g/mol. The van der Waals surface area contributed by atoms with Crippen molar-refractivity contribution in [1.82, 2.24) is 10.2 Å². The van der Waals surface area contributed by atoms with E-state index in [1.165, 1.54) is 12.1 Å². The molecule has 2 aliphatic rings. The van der Waals surface area contributed by atoms with Gasteiger partial charge in [0.1, 0.15) is 6.17 Å². The Hall–Kier alpha value is -1.95. The van der Waals surface area contributed by atoms with Crippen LogP contribution in [0.15, 0.2) is 24.3 Å². The Kier molecular flexibility index (Phi) is 3.63. The molecule has 1 amide bonds. The quantitative estimate of drug-likeness (QED) is 0.684. The number of rotatable bonds is 3. The van der Waals surface area contributed by atoms with E-state index < -0.39 is 4.92 Å². The molecule has 1 aliphatic carbocycles. The van der Waals surface area contributed by atoms with Crippen molar-refractivity contribution in [2.24, 2.45) is 5.92 Å². The maximum absolute atomic E-state index is 12.2. The summed E-state index contributed by atoms with van der Waals surface area (Å²) < 4.78 is 0. The third-order valence-electron chi connectivity index (χ3n) is 4.49. The van der Waals surface area contributed by atoms with Gasteiger partial charge in [0.05, 0.1) is 11.5 Å². The Labute approximate surface area is 123 Å². The monoisotopic (exact) mass is 289 g/mol. The van der Waals surface area contributed by atoms with E-state index in [0.717, 1.165) is 24.8 Å². The predicted molar refractivity (Wildman–Crippen MR) is 77.5 cm³/mol. The van der Waals surface area contributed by atoms with Gasteiger partial charge in [0.2, 0.25) is 5.91 Å². The molecule has 0 spiro atoms. The summed E-state index contributed by atoms with van der Waals surface area (Å²) >= 11 is 0. The third kappa shape index (κ3) is 2.63. The normalized spacial score (nSPS) is 29.1. The van der Waals surface area contributed by atoms with Crippen LogP contribution in [0.4, 0.5) is 5.69 Å². The van der Waals surface area contributed by atoms with E-state index in [0.29, 0.717) is 12.5 Å². The Morgan fingerprint density at radius 2 is 2.00 bits per heavy atom. The number of hydrogen-bond acceptors (Lipinski definition) is 4. The van der Waals surface area contributed by atoms with Gasteiger partial charge < -0.3 is 4.90 Å². The zero-order valence-corrected chi connectivity index (χ0v) is 12.0. The molecule has 6 heteroatoms. The molecule has 1 aromatic rings. The molecule has 0 aromatic heterocycles. The maximum Gasteiger partial charge on any atom is 0.269 e. The van der Waals surface area contributed by atoms with Crippen LogP contribution in [0.1, 0.15) is 37.9 Å². The Morgan fingerprint density at radius 1 is 1.29 bits per heavy atom. The van der Waals surface area contributed by atoms with Crippen molar-refractivity contribution in [3.05, 3.63) is 39.9 Å². The molecule has 1 saturated carbocycles. The standard InChI is InChI=1S/C15H19N3O3/c1-10-2-5-13(8-10)17-14(19)9-16-15(17)11-3-6-12(7-4-11)18(20)21/h3-4,6-7,10,13,15-16H,2,5,8-9H2,1H3. The number of non-ortho nitro benzene ring substituents is 1. The van der Waals surface area contributed by atoms with Crippen molar-refractivity contribution < 1.29 is 9.72 Å². The highest BCUT2D eigenvalue weighted by Gasteiger charge is 2.39. The lowest BCUT2D eigenvalue weighted by Gasteiger charge is -2.30. The van der Waals surface area contributed by atoms with Crippen molar-refractivity contribution in [2.75, 3.05) is 6.54 Å². The van der Waals surface area contributed by atoms with Crippen LogP contribution in [-0.2, 0) is 4.79 Å². The Bertz CT molecular complexity index is 558. The Morgan fingerprint density at radius 3 is 2.57 bits per heavy atom. The number of nitrogens with zero attached hydrogens (tertiary/aromatic N) is 2. The number of nitro groups is 1. The molecule has 1 saturated heterocycles. The van der Waals surface area contributed by atoms with Gasteiger partial charge in [-0.15, -0.1) is 0 Å². The zero-order chi connectivity index (χ0) is 15.0. The molecule has 112 valence electrons. The molecule has 1 aliphatic heterocycles. The van der Waals surface area contributed by atoms with Gasteiger partial charge in [-0.2, -0.15) is 0 Å². The molecule has 3 unspecified atom stereocenters. The van der Waals surface area contributed by atoms with E-state index in [-0.39, 0.29) is 23.8 Å². The van der Waals surface area contributed by atoms with Crippen LogP contribution >= 0.6 is 0 Å². The highest BCUT2D eigenvalue weighted by Crippen LogP contribution is 2.35. The van der Waals surface area contributed by atoms with E-state index in [1.807, 2.05) is 4.90 Å². The van der Waals surface area contributed by atoms with E-state index in [9.17, 15) is 14.9 Å². The molecule has 0 radical (unpaired) electrons. The zero-order valence-electron chi connectivity index (χ0n) is 12.0. The van der Waals surface area contributed by atoms with Crippen molar-refractivity contribution in [1.29, 1.82) is 0 Å². The SMILES string of the molecule is CC1CCC(N2C(=O)CNC2c2ccc([N+](=O)[O-])cc2)C1. The van der Waals surface area contributed by atoms with Gasteiger partial charge in [-0.1, -0.05) is 6.92 Å². The number of carbonyl (C=O) groups is 1. The third-order valence-corrected chi connectivity index (χ3v) is 4.49. The van der Waals surface area contributed by atoms with Gasteiger partial charge in [0.15, 0.2) is 0 Å². The van der Waals surface area contributed by atoms with Crippen molar-refractivity contribution in [2.45, 2.75) is 38.4 Å². The van der Waals surface area contributed by atoms with Crippen LogP contribution in [0, 0.1) is 16.0 Å². The lowest BCUT2D eigenvalue weighted by Crippen LogP contribution is -2.38. The van der Waals surface area contributed by atoms with Gasteiger partial charge in [-0.05, 0) is 42.9 Å². The molecule has 21 heavy (non-hydrogen) atoms. The highest BCUT2D eigenvalue weighted by atomic mass is 16.6. The molecule has 1 N–H and O–H groups in total. The van der Waals surface area contributed by atoms with Crippen LogP contribution in [0.3, 0.4) is 0 Å². The predicted octanol–water partition coefficient (Wildman–Crippen LogP) is 2.21. The second-order valence-electron chi connectivity index (χ2n) is 6.01.